The van der Waals surface area contributed by atoms with Crippen LogP contribution in [0, 0.1) is 20.8 Å². The second kappa shape index (κ2) is 23.4. The molecule has 12 nitrogen and oxygen atoms in total. The van der Waals surface area contributed by atoms with Crippen LogP contribution in [-0.2, 0) is 20.4 Å². The van der Waals surface area contributed by atoms with Gasteiger partial charge in [-0.15, -0.1) is 0 Å². The predicted octanol–water partition coefficient (Wildman–Crippen LogP) is -2.18. The third-order valence-electron chi connectivity index (χ3n) is 14.8. The van der Waals surface area contributed by atoms with Crippen molar-refractivity contribution < 1.29 is 57.7 Å². The van der Waals surface area contributed by atoms with Crippen LogP contribution in [0.3, 0.4) is 0 Å². The van der Waals surface area contributed by atoms with E-state index < -0.39 is 11.4 Å². The first-order chi connectivity index (χ1) is 31.1. The summed E-state index contributed by atoms with van der Waals surface area (Å²) in [6.07, 6.45) is 0. The van der Waals surface area contributed by atoms with E-state index in [1.807, 2.05) is 0 Å². The van der Waals surface area contributed by atoms with Crippen LogP contribution in [0.2, 0.25) is 3.34 Å². The molecule has 0 unspecified atom stereocenters. The standard InChI is InChI=1S/C54H93N12Si.3ClH.Ti/c1-32-33(2)35(4)51(34(32)3)67(52-45(61(20)21)39(55(8)9)36(5)40(56(10)11)46(52)62(22)23,53-47(63(24)25)41(57(12)13)37(6)42(58(14)15)48(53)64(26)27)54-49(65(28)29)43(59(16)17)38(7)44(60(18)19)50(54)66(30)31;;;;/h1-31H3;3*1H;/q;;;;+3/p-3. The molecule has 4 rings (SSSR count). The topological polar surface area (TPSA) is 38.9 Å². The van der Waals surface area contributed by atoms with Crippen LogP contribution >= 0.6 is 0 Å². The molecule has 0 bridgehead atoms. The summed E-state index contributed by atoms with van der Waals surface area (Å²) in [5.41, 5.74) is 24.2. The largest absolute Gasteiger partial charge is 1.00 e. The number of rotatable bonds is 16. The Hall–Kier alpha value is -3.46. The Bertz CT molecular complexity index is 2130. The summed E-state index contributed by atoms with van der Waals surface area (Å²) in [5, 5.41) is 4.18. The molecule has 0 N–H and O–H groups in total. The van der Waals surface area contributed by atoms with E-state index in [1.54, 1.807) is 0 Å². The van der Waals surface area contributed by atoms with E-state index in [9.17, 15) is 0 Å². The molecule has 0 saturated heterocycles. The van der Waals surface area contributed by atoms with Crippen LogP contribution in [0.25, 0.3) is 0 Å². The van der Waals surface area contributed by atoms with Crippen molar-refractivity contribution in [3.63, 3.8) is 0 Å². The van der Waals surface area contributed by atoms with Crippen LogP contribution in [0.1, 0.15) is 44.4 Å². The third-order valence-corrected chi connectivity index (χ3v) is 23.2. The molecule has 0 radical (unpaired) electrons. The van der Waals surface area contributed by atoms with Crippen molar-refractivity contribution in [2.45, 2.75) is 51.8 Å². The van der Waals surface area contributed by atoms with Gasteiger partial charge in [0.2, 0.25) is 0 Å². The second-order valence-corrected chi connectivity index (χ2v) is 27.6. The van der Waals surface area contributed by atoms with Crippen molar-refractivity contribution in [1.29, 1.82) is 0 Å². The van der Waals surface area contributed by atoms with Crippen molar-refractivity contribution in [3.05, 3.63) is 39.0 Å². The molecule has 0 aromatic heterocycles. The Morgan fingerprint density at radius 1 is 0.254 bits per heavy atom. The zero-order chi connectivity index (χ0) is 52.6. The minimum atomic E-state index is -4.03. The first-order valence-corrected chi connectivity index (χ1v) is 26.7. The van der Waals surface area contributed by atoms with Gasteiger partial charge in [0.05, 0.1) is 0 Å². The van der Waals surface area contributed by atoms with Crippen molar-refractivity contribution in [2.75, 3.05) is 228 Å². The molecule has 0 atom stereocenters. The number of halogens is 3. The van der Waals surface area contributed by atoms with Crippen LogP contribution < -0.4 is 112 Å². The Labute approximate surface area is 465 Å². The van der Waals surface area contributed by atoms with Gasteiger partial charge in [0.1, 0.15) is 0 Å². The van der Waals surface area contributed by atoms with Gasteiger partial charge in [-0.2, -0.15) is 0 Å². The molecular formula is C54H93Cl3N12SiTi. The summed E-state index contributed by atoms with van der Waals surface area (Å²) in [6.45, 7) is 16.8. The number of hydrogen-bond donors (Lipinski definition) is 0. The van der Waals surface area contributed by atoms with Gasteiger partial charge < -0.3 is 37.2 Å². The molecule has 398 valence electrons. The van der Waals surface area contributed by atoms with Crippen molar-refractivity contribution in [2.24, 2.45) is 0 Å². The van der Waals surface area contributed by atoms with E-state index in [4.69, 9.17) is 0 Å². The molecule has 3 aromatic rings. The Kier molecular flexibility index (Phi) is 21.6. The summed E-state index contributed by atoms with van der Waals surface area (Å²) in [5.74, 6) is 0. The molecular weight excluding hydrogens is 999 g/mol. The van der Waals surface area contributed by atoms with Crippen molar-refractivity contribution in [3.8, 4) is 0 Å². The molecule has 71 heavy (non-hydrogen) atoms. The number of nitrogens with zero attached hydrogens (tertiary/aromatic N) is 12. The van der Waals surface area contributed by atoms with Gasteiger partial charge in [-0.3, -0.25) is 0 Å². The van der Waals surface area contributed by atoms with Gasteiger partial charge in [0, 0.05) is 0 Å². The smallest absolute Gasteiger partial charge is 1.00 e. The first-order valence-electron chi connectivity index (χ1n) is 23.9. The monoisotopic (exact) mass is 1090 g/mol. The first kappa shape index (κ1) is 65.6. The minimum absolute atomic E-state index is 0. The molecule has 17 heteroatoms. The van der Waals surface area contributed by atoms with Gasteiger partial charge >= 0.3 is 431 Å². The van der Waals surface area contributed by atoms with Gasteiger partial charge in [-0.05, 0) is 0 Å². The molecule has 1 aliphatic carbocycles. The van der Waals surface area contributed by atoms with E-state index in [0.29, 0.717) is 0 Å². The van der Waals surface area contributed by atoms with Gasteiger partial charge in [0.15, 0.2) is 0 Å². The zero-order valence-electron chi connectivity index (χ0n) is 50.0. The van der Waals surface area contributed by atoms with Gasteiger partial charge in [-0.25, -0.2) is 0 Å². The zero-order valence-corrected chi connectivity index (χ0v) is 54.8. The summed E-state index contributed by atoms with van der Waals surface area (Å²) in [6, 6.07) is 0. The van der Waals surface area contributed by atoms with Crippen LogP contribution in [0.4, 0.5) is 68.2 Å². The molecule has 1 aliphatic rings. The Balaban J connectivity index is 0.00000840. The SMILES string of the molecule is CC1=C(C)[C]([Ti+3])([Si](c2c(N(C)C)c(N(C)C)c(C)c(N(C)C)c2N(C)C)(c2c(N(C)C)c(N(C)C)c(C)c(N(C)C)c2N(C)C)c2c(N(C)C)c(N(C)C)c(C)c(N(C)C)c2N(C)C)C(C)=C1C.[Cl-].[Cl-].[Cl-]. The van der Waals surface area contributed by atoms with E-state index in [0.717, 1.165) is 0 Å². The fourth-order valence-electron chi connectivity index (χ4n) is 12.3. The summed E-state index contributed by atoms with van der Waals surface area (Å²) in [4.78, 5) is 29.1. The van der Waals surface area contributed by atoms with Gasteiger partial charge in [-0.1, -0.05) is 0 Å². The predicted molar refractivity (Wildman–Crippen MR) is 310 cm³/mol. The van der Waals surface area contributed by atoms with Crippen LogP contribution in [0.5, 0.6) is 0 Å². The summed E-state index contributed by atoms with van der Waals surface area (Å²) in [7, 11) is 50.3. The molecule has 0 saturated carbocycles. The fourth-order valence-corrected chi connectivity index (χ4v) is 22.2. The Morgan fingerprint density at radius 3 is 0.493 bits per heavy atom. The maximum atomic E-state index is 2.67. The fraction of sp³-hybridized carbons (Fsp3) is 0.593. The summed E-state index contributed by atoms with van der Waals surface area (Å²) >= 11 is 2.67. The average molecular weight is 1090 g/mol. The van der Waals surface area contributed by atoms with Crippen LogP contribution in [-0.4, -0.2) is 177 Å². The van der Waals surface area contributed by atoms with Crippen molar-refractivity contribution in [1.82, 2.24) is 0 Å². The van der Waals surface area contributed by atoms with E-state index in [1.165, 1.54) is 123 Å². The molecule has 0 spiro atoms. The number of anilines is 12. The third kappa shape index (κ3) is 9.87. The molecule has 0 aliphatic heterocycles. The number of benzene rings is 3. The quantitative estimate of drug-likeness (QED) is 0.116. The Morgan fingerprint density at radius 2 is 0.380 bits per heavy atom. The maximum absolute atomic E-state index is 4.03. The number of hydrogen-bond acceptors (Lipinski definition) is 12. The van der Waals surface area contributed by atoms with E-state index in [-0.39, 0.29) is 37.2 Å². The van der Waals surface area contributed by atoms with E-state index in [2.05, 4.69) is 297 Å². The second-order valence-electron chi connectivity index (χ2n) is 21.9. The maximum Gasteiger partial charge on any atom is -1.00 e. The number of allylic oxidation sites excluding steroid dienone is 4. The van der Waals surface area contributed by atoms with Gasteiger partial charge in [0.25, 0.3) is 0 Å². The minimum Gasteiger partial charge on any atom is -1.00 e. The summed E-state index contributed by atoms with van der Waals surface area (Å²) < 4.78 is -0.574. The molecule has 3 aromatic carbocycles. The molecule has 0 fully saturated rings. The molecule has 0 heterocycles. The van der Waals surface area contributed by atoms with Crippen molar-refractivity contribution >= 4 is 91.9 Å². The molecule has 0 amide bonds. The van der Waals surface area contributed by atoms with E-state index >= 15 is 0 Å². The average Bonchev–Trinajstić information content (AvgIpc) is 3.34. The van der Waals surface area contributed by atoms with Crippen LogP contribution in [0.15, 0.2) is 22.3 Å². The normalized spacial score (nSPS) is 13.0.